The maximum atomic E-state index is 15.3. The third-order valence-electron chi connectivity index (χ3n) is 5.94. The Hall–Kier alpha value is -2.40. The average Bonchev–Trinajstić information content (AvgIpc) is 3.33. The Morgan fingerprint density at radius 2 is 2.10 bits per heavy atom. The predicted octanol–water partition coefficient (Wildman–Crippen LogP) is 3.09. The van der Waals surface area contributed by atoms with Gasteiger partial charge in [0.1, 0.15) is 11.7 Å². The molecule has 3 heterocycles. The number of rotatable bonds is 2. The molecule has 0 radical (unpaired) electrons. The van der Waals surface area contributed by atoms with Crippen LogP contribution in [-0.4, -0.2) is 48.9 Å². The topological polar surface area (TPSA) is 63.4 Å². The molecular weight excluding hydrogens is 388 g/mol. The summed E-state index contributed by atoms with van der Waals surface area (Å²) in [5.74, 6) is 0.181. The SMILES string of the molecule is Cc1cc(C2CN(C(=O)c3ccc4c(c3)CCC4)CC(F)(P)C2)n2ncnc2n1. The van der Waals surface area contributed by atoms with E-state index in [1.165, 1.54) is 17.5 Å². The van der Waals surface area contributed by atoms with E-state index in [1.54, 1.807) is 9.42 Å². The van der Waals surface area contributed by atoms with Gasteiger partial charge in [0.2, 0.25) is 0 Å². The van der Waals surface area contributed by atoms with Gasteiger partial charge < -0.3 is 4.90 Å². The fourth-order valence-electron chi connectivity index (χ4n) is 4.68. The maximum Gasteiger partial charge on any atom is 0.254 e. The molecule has 1 aromatic carbocycles. The van der Waals surface area contributed by atoms with E-state index in [4.69, 9.17) is 0 Å². The van der Waals surface area contributed by atoms with Crippen molar-refractivity contribution in [2.45, 2.75) is 43.9 Å². The van der Waals surface area contributed by atoms with Crippen LogP contribution in [0.1, 0.15) is 51.6 Å². The van der Waals surface area contributed by atoms with Crippen LogP contribution in [-0.2, 0) is 12.8 Å². The van der Waals surface area contributed by atoms with E-state index in [2.05, 4.69) is 24.3 Å². The quantitative estimate of drug-likeness (QED) is 0.608. The number of carbonyl (C=O) groups excluding carboxylic acids is 1. The number of halogens is 1. The molecule has 29 heavy (non-hydrogen) atoms. The first-order valence-electron chi connectivity index (χ1n) is 9.96. The Balaban J connectivity index is 1.48. The number of amides is 1. The molecule has 0 bridgehead atoms. The van der Waals surface area contributed by atoms with Crippen LogP contribution < -0.4 is 0 Å². The first kappa shape index (κ1) is 18.6. The lowest BCUT2D eigenvalue weighted by molar-refractivity contribution is 0.0543. The van der Waals surface area contributed by atoms with E-state index in [-0.39, 0.29) is 18.4 Å². The molecule has 0 saturated carbocycles. The minimum absolute atomic E-state index is 0.0641. The molecule has 1 aliphatic carbocycles. The number of hydrogen-bond donors (Lipinski definition) is 0. The highest BCUT2D eigenvalue weighted by Gasteiger charge is 2.40. The van der Waals surface area contributed by atoms with Gasteiger partial charge in [-0.2, -0.15) is 10.1 Å². The molecule has 150 valence electrons. The minimum atomic E-state index is -1.56. The van der Waals surface area contributed by atoms with E-state index in [0.29, 0.717) is 24.3 Å². The summed E-state index contributed by atoms with van der Waals surface area (Å²) in [5, 5.41) is 2.70. The van der Waals surface area contributed by atoms with Crippen LogP contribution in [0.5, 0.6) is 0 Å². The molecule has 8 heteroatoms. The summed E-state index contributed by atoms with van der Waals surface area (Å²) in [6.45, 7) is 2.39. The third kappa shape index (κ3) is 3.42. The van der Waals surface area contributed by atoms with Crippen LogP contribution in [0.4, 0.5) is 4.39 Å². The second-order valence-electron chi connectivity index (χ2n) is 8.25. The molecule has 6 nitrogen and oxygen atoms in total. The van der Waals surface area contributed by atoms with E-state index >= 15 is 4.39 Å². The van der Waals surface area contributed by atoms with Crippen molar-refractivity contribution in [2.75, 3.05) is 13.1 Å². The van der Waals surface area contributed by atoms with Gasteiger partial charge >= 0.3 is 0 Å². The average molecular weight is 411 g/mol. The minimum Gasteiger partial charge on any atom is -0.334 e. The zero-order valence-electron chi connectivity index (χ0n) is 16.3. The van der Waals surface area contributed by atoms with Crippen molar-refractivity contribution in [3.8, 4) is 0 Å². The number of carbonyl (C=O) groups is 1. The van der Waals surface area contributed by atoms with Crippen LogP contribution in [0.25, 0.3) is 5.78 Å². The number of hydrogen-bond acceptors (Lipinski definition) is 4. The second kappa shape index (κ2) is 6.84. The Labute approximate surface area is 170 Å². The highest BCUT2D eigenvalue weighted by atomic mass is 31.0. The molecule has 1 amide bonds. The van der Waals surface area contributed by atoms with Crippen LogP contribution in [0.15, 0.2) is 30.6 Å². The largest absolute Gasteiger partial charge is 0.334 e. The number of benzene rings is 1. The number of aryl methyl sites for hydroxylation is 3. The van der Waals surface area contributed by atoms with Gasteiger partial charge in [-0.25, -0.2) is 13.9 Å². The molecule has 3 atom stereocenters. The summed E-state index contributed by atoms with van der Waals surface area (Å²) in [4.78, 5) is 23.4. The van der Waals surface area contributed by atoms with Gasteiger partial charge in [-0.3, -0.25) is 4.79 Å². The van der Waals surface area contributed by atoms with Crippen molar-refractivity contribution < 1.29 is 9.18 Å². The lowest BCUT2D eigenvalue weighted by Gasteiger charge is -2.40. The molecular formula is C21H23FN5OP. The standard InChI is InChI=1S/C21H23FN5OP/c1-13-7-18(27-20(25-13)23-12-24-27)17-9-21(22,29)11-26(10-17)19(28)16-6-5-14-3-2-4-15(14)8-16/h5-8,12,17H,2-4,9-11,29H2,1H3. The fraction of sp³-hybridized carbons (Fsp3) is 0.429. The molecule has 2 aliphatic rings. The van der Waals surface area contributed by atoms with E-state index < -0.39 is 5.41 Å². The van der Waals surface area contributed by atoms with Gasteiger partial charge in [0, 0.05) is 23.7 Å². The molecule has 1 saturated heterocycles. The van der Waals surface area contributed by atoms with E-state index in [1.807, 2.05) is 31.2 Å². The van der Waals surface area contributed by atoms with Crippen molar-refractivity contribution in [3.05, 3.63) is 58.7 Å². The van der Waals surface area contributed by atoms with Gasteiger partial charge in [0.25, 0.3) is 11.7 Å². The Bertz CT molecular complexity index is 1110. The highest BCUT2D eigenvalue weighted by molar-refractivity contribution is 7.18. The highest BCUT2D eigenvalue weighted by Crippen LogP contribution is 2.40. The Morgan fingerprint density at radius 3 is 2.97 bits per heavy atom. The molecule has 2 aromatic heterocycles. The smallest absolute Gasteiger partial charge is 0.254 e. The second-order valence-corrected chi connectivity index (χ2v) is 9.29. The number of likely N-dealkylation sites (tertiary alicyclic amines) is 1. The third-order valence-corrected chi connectivity index (χ3v) is 6.36. The molecule has 0 N–H and O–H groups in total. The molecule has 3 aromatic rings. The number of piperidine rings is 1. The zero-order valence-corrected chi connectivity index (χ0v) is 17.5. The predicted molar refractivity (Wildman–Crippen MR) is 111 cm³/mol. The summed E-state index contributed by atoms with van der Waals surface area (Å²) in [6.07, 6.45) is 4.96. The lowest BCUT2D eigenvalue weighted by Crippen LogP contribution is -2.48. The molecule has 0 spiro atoms. The molecule has 5 rings (SSSR count). The van der Waals surface area contributed by atoms with Gasteiger partial charge in [-0.1, -0.05) is 15.3 Å². The number of nitrogens with zero attached hydrogens (tertiary/aromatic N) is 5. The van der Waals surface area contributed by atoms with Crippen LogP contribution in [0.3, 0.4) is 0 Å². The zero-order chi connectivity index (χ0) is 20.2. The van der Waals surface area contributed by atoms with Crippen molar-refractivity contribution in [1.82, 2.24) is 24.5 Å². The lowest BCUT2D eigenvalue weighted by atomic mass is 9.91. The van der Waals surface area contributed by atoms with Crippen molar-refractivity contribution in [1.29, 1.82) is 0 Å². The summed E-state index contributed by atoms with van der Waals surface area (Å²) in [5.41, 5.74) is 4.85. The number of aromatic nitrogens is 4. The van der Waals surface area contributed by atoms with Gasteiger partial charge in [-0.15, -0.1) is 0 Å². The number of alkyl halides is 1. The monoisotopic (exact) mass is 411 g/mol. The first-order chi connectivity index (χ1) is 13.9. The summed E-state index contributed by atoms with van der Waals surface area (Å²) in [6, 6.07) is 7.83. The molecule has 1 fully saturated rings. The normalized spacial score (nSPS) is 24.1. The summed E-state index contributed by atoms with van der Waals surface area (Å²) < 4.78 is 16.9. The van der Waals surface area contributed by atoms with Gasteiger partial charge in [0.15, 0.2) is 0 Å². The van der Waals surface area contributed by atoms with Gasteiger partial charge in [-0.05, 0) is 61.9 Å². The Morgan fingerprint density at radius 1 is 1.28 bits per heavy atom. The summed E-state index contributed by atoms with van der Waals surface area (Å²) >= 11 is 0. The van der Waals surface area contributed by atoms with Crippen LogP contribution >= 0.6 is 9.24 Å². The van der Waals surface area contributed by atoms with E-state index in [0.717, 1.165) is 30.7 Å². The number of fused-ring (bicyclic) bond motifs is 2. The summed E-state index contributed by atoms with van der Waals surface area (Å²) in [7, 11) is 2.30. The first-order valence-corrected chi connectivity index (χ1v) is 10.5. The van der Waals surface area contributed by atoms with Crippen molar-refractivity contribution in [2.24, 2.45) is 0 Å². The van der Waals surface area contributed by atoms with Gasteiger partial charge in [0.05, 0.1) is 12.2 Å². The van der Waals surface area contributed by atoms with Crippen molar-refractivity contribution in [3.63, 3.8) is 0 Å². The Kier molecular flexibility index (Phi) is 4.39. The molecule has 3 unspecified atom stereocenters. The fourth-order valence-corrected chi connectivity index (χ4v) is 5.18. The maximum absolute atomic E-state index is 15.3. The van der Waals surface area contributed by atoms with Crippen LogP contribution in [0.2, 0.25) is 0 Å². The van der Waals surface area contributed by atoms with E-state index in [9.17, 15) is 4.79 Å². The van der Waals surface area contributed by atoms with Crippen LogP contribution in [0, 0.1) is 6.92 Å². The molecule has 1 aliphatic heterocycles. The van der Waals surface area contributed by atoms with Crippen molar-refractivity contribution >= 4 is 20.9 Å².